The van der Waals surface area contributed by atoms with Crippen LogP contribution in [-0.2, 0) is 0 Å². The molecule has 0 aromatic heterocycles. The molecule has 2 amide bonds. The van der Waals surface area contributed by atoms with E-state index in [2.05, 4.69) is 5.32 Å². The van der Waals surface area contributed by atoms with Gasteiger partial charge in [0.2, 0.25) is 0 Å². The Morgan fingerprint density at radius 1 is 1.39 bits per heavy atom. The fourth-order valence-corrected chi connectivity index (χ4v) is 2.59. The zero-order chi connectivity index (χ0) is 13.1. The summed E-state index contributed by atoms with van der Waals surface area (Å²) < 4.78 is 0. The van der Waals surface area contributed by atoms with E-state index >= 15 is 0 Å². The summed E-state index contributed by atoms with van der Waals surface area (Å²) in [6.45, 7) is 2.37. The largest absolute Gasteiger partial charge is 0.327 e. The van der Waals surface area contributed by atoms with Gasteiger partial charge in [0.05, 0.1) is 10.7 Å². The van der Waals surface area contributed by atoms with E-state index in [9.17, 15) is 4.79 Å². The molecule has 1 heterocycles. The van der Waals surface area contributed by atoms with Crippen molar-refractivity contribution in [1.29, 1.82) is 0 Å². The van der Waals surface area contributed by atoms with Gasteiger partial charge in [-0.25, -0.2) is 4.79 Å². The van der Waals surface area contributed by atoms with Crippen LogP contribution in [0.2, 0.25) is 5.02 Å². The van der Waals surface area contributed by atoms with Gasteiger partial charge in [-0.05, 0) is 19.2 Å². The number of rotatable bonds is 3. The van der Waals surface area contributed by atoms with Crippen molar-refractivity contribution in [2.45, 2.75) is 0 Å². The molecule has 0 spiro atoms. The standard InChI is InChI=1S/C13H18ClN3O/c1-15-7-10-8-16(2)13(18)17(9-10)12-6-4-3-5-11(12)14/h3-6,10,15H,7-9H2,1-2H3. The zero-order valence-electron chi connectivity index (χ0n) is 10.7. The molecule has 0 radical (unpaired) electrons. The SMILES string of the molecule is CNCC1CN(C)C(=O)N(c2ccccc2Cl)C1. The molecule has 1 aromatic carbocycles. The molecule has 0 bridgehead atoms. The molecule has 1 saturated heterocycles. The fraction of sp³-hybridized carbons (Fsp3) is 0.462. The van der Waals surface area contributed by atoms with Crippen LogP contribution in [0.4, 0.5) is 10.5 Å². The Labute approximate surface area is 113 Å². The quantitative estimate of drug-likeness (QED) is 0.910. The Kier molecular flexibility index (Phi) is 4.09. The van der Waals surface area contributed by atoms with Crippen LogP contribution in [0.3, 0.4) is 0 Å². The molecule has 0 aliphatic carbocycles. The van der Waals surface area contributed by atoms with E-state index in [0.717, 1.165) is 18.8 Å². The van der Waals surface area contributed by atoms with E-state index in [1.807, 2.05) is 38.4 Å². The maximum absolute atomic E-state index is 12.2. The summed E-state index contributed by atoms with van der Waals surface area (Å²) in [6.07, 6.45) is 0. The first kappa shape index (κ1) is 13.2. The van der Waals surface area contributed by atoms with E-state index < -0.39 is 0 Å². The second-order valence-electron chi connectivity index (χ2n) is 4.65. The zero-order valence-corrected chi connectivity index (χ0v) is 11.4. The van der Waals surface area contributed by atoms with E-state index in [1.54, 1.807) is 9.80 Å². The maximum Gasteiger partial charge on any atom is 0.324 e. The Balaban J connectivity index is 2.24. The summed E-state index contributed by atoms with van der Waals surface area (Å²) in [7, 11) is 3.75. The predicted molar refractivity (Wildman–Crippen MR) is 74.2 cm³/mol. The number of benzene rings is 1. The third kappa shape index (κ3) is 2.60. The van der Waals surface area contributed by atoms with Crippen LogP contribution in [0.15, 0.2) is 24.3 Å². The van der Waals surface area contributed by atoms with Crippen molar-refractivity contribution < 1.29 is 4.79 Å². The number of amides is 2. The summed E-state index contributed by atoms with van der Waals surface area (Å²) in [5.41, 5.74) is 0.789. The average Bonchev–Trinajstić information content (AvgIpc) is 2.35. The van der Waals surface area contributed by atoms with E-state index in [4.69, 9.17) is 11.6 Å². The second-order valence-corrected chi connectivity index (χ2v) is 5.06. The van der Waals surface area contributed by atoms with Crippen LogP contribution in [0.1, 0.15) is 0 Å². The van der Waals surface area contributed by atoms with Gasteiger partial charge in [-0.1, -0.05) is 23.7 Å². The van der Waals surface area contributed by atoms with E-state index in [1.165, 1.54) is 0 Å². The van der Waals surface area contributed by atoms with Crippen molar-refractivity contribution in [1.82, 2.24) is 10.2 Å². The number of hydrogen-bond donors (Lipinski definition) is 1. The Hall–Kier alpha value is -1.26. The molecule has 2 rings (SSSR count). The number of halogens is 1. The fourth-order valence-electron chi connectivity index (χ4n) is 2.36. The highest BCUT2D eigenvalue weighted by Gasteiger charge is 2.30. The maximum atomic E-state index is 12.2. The summed E-state index contributed by atoms with van der Waals surface area (Å²) in [5, 5.41) is 3.78. The monoisotopic (exact) mass is 267 g/mol. The molecular formula is C13H18ClN3O. The lowest BCUT2D eigenvalue weighted by molar-refractivity contribution is 0.192. The number of carbonyl (C=O) groups excluding carboxylic acids is 1. The van der Waals surface area contributed by atoms with Gasteiger partial charge in [-0.3, -0.25) is 4.90 Å². The molecule has 1 aliphatic rings. The minimum atomic E-state index is 0.00968. The molecule has 1 fully saturated rings. The van der Waals surface area contributed by atoms with Gasteiger partial charge in [0.15, 0.2) is 0 Å². The molecule has 98 valence electrons. The number of anilines is 1. The van der Waals surface area contributed by atoms with E-state index in [0.29, 0.717) is 17.5 Å². The number of urea groups is 1. The second kappa shape index (κ2) is 5.59. The van der Waals surface area contributed by atoms with Gasteiger partial charge < -0.3 is 10.2 Å². The van der Waals surface area contributed by atoms with Gasteiger partial charge in [-0.15, -0.1) is 0 Å². The van der Waals surface area contributed by atoms with Crippen molar-refractivity contribution >= 4 is 23.3 Å². The third-order valence-electron chi connectivity index (χ3n) is 3.17. The Morgan fingerprint density at radius 3 is 2.78 bits per heavy atom. The number of para-hydroxylation sites is 1. The number of nitrogens with zero attached hydrogens (tertiary/aromatic N) is 2. The molecule has 1 atom stereocenters. The van der Waals surface area contributed by atoms with E-state index in [-0.39, 0.29) is 6.03 Å². The number of nitrogens with one attached hydrogen (secondary N) is 1. The first-order chi connectivity index (χ1) is 8.63. The summed E-state index contributed by atoms with van der Waals surface area (Å²) in [6, 6.07) is 7.47. The van der Waals surface area contributed by atoms with Crippen LogP contribution in [-0.4, -0.2) is 44.7 Å². The molecule has 18 heavy (non-hydrogen) atoms. The van der Waals surface area contributed by atoms with Gasteiger partial charge in [0, 0.05) is 32.6 Å². The van der Waals surface area contributed by atoms with Crippen molar-refractivity contribution in [2.75, 3.05) is 38.6 Å². The highest BCUT2D eigenvalue weighted by atomic mass is 35.5. The van der Waals surface area contributed by atoms with Crippen molar-refractivity contribution in [3.05, 3.63) is 29.3 Å². The summed E-state index contributed by atoms with van der Waals surface area (Å²) in [5.74, 6) is 0.411. The predicted octanol–water partition coefficient (Wildman–Crippen LogP) is 2.05. The summed E-state index contributed by atoms with van der Waals surface area (Å²) >= 11 is 6.17. The van der Waals surface area contributed by atoms with Crippen LogP contribution in [0.25, 0.3) is 0 Å². The van der Waals surface area contributed by atoms with Crippen molar-refractivity contribution in [3.8, 4) is 0 Å². The number of carbonyl (C=O) groups is 1. The Bertz CT molecular complexity index is 438. The first-order valence-corrected chi connectivity index (χ1v) is 6.43. The van der Waals surface area contributed by atoms with Crippen molar-refractivity contribution in [3.63, 3.8) is 0 Å². The topological polar surface area (TPSA) is 35.6 Å². The molecule has 0 saturated carbocycles. The molecule has 1 unspecified atom stereocenters. The molecular weight excluding hydrogens is 250 g/mol. The number of hydrogen-bond acceptors (Lipinski definition) is 2. The lowest BCUT2D eigenvalue weighted by atomic mass is 10.1. The summed E-state index contributed by atoms with van der Waals surface area (Å²) in [4.78, 5) is 15.7. The lowest BCUT2D eigenvalue weighted by Crippen LogP contribution is -2.54. The molecule has 1 aliphatic heterocycles. The van der Waals surface area contributed by atoms with Crippen LogP contribution in [0.5, 0.6) is 0 Å². The van der Waals surface area contributed by atoms with Gasteiger partial charge in [-0.2, -0.15) is 0 Å². The van der Waals surface area contributed by atoms with Crippen LogP contribution >= 0.6 is 11.6 Å². The Morgan fingerprint density at radius 2 is 2.11 bits per heavy atom. The lowest BCUT2D eigenvalue weighted by Gasteiger charge is -2.38. The first-order valence-electron chi connectivity index (χ1n) is 6.05. The molecule has 5 heteroatoms. The van der Waals surface area contributed by atoms with Crippen LogP contribution in [0, 0.1) is 5.92 Å². The van der Waals surface area contributed by atoms with Gasteiger partial charge in [0.1, 0.15) is 0 Å². The smallest absolute Gasteiger partial charge is 0.324 e. The minimum absolute atomic E-state index is 0.00968. The van der Waals surface area contributed by atoms with Crippen molar-refractivity contribution in [2.24, 2.45) is 5.92 Å². The van der Waals surface area contributed by atoms with Gasteiger partial charge in [0.25, 0.3) is 0 Å². The van der Waals surface area contributed by atoms with Gasteiger partial charge >= 0.3 is 6.03 Å². The molecule has 4 nitrogen and oxygen atoms in total. The minimum Gasteiger partial charge on any atom is -0.327 e. The third-order valence-corrected chi connectivity index (χ3v) is 3.49. The molecule has 1 aromatic rings. The van der Waals surface area contributed by atoms with Crippen LogP contribution < -0.4 is 10.2 Å². The normalized spacial score (nSPS) is 20.4. The highest BCUT2D eigenvalue weighted by Crippen LogP contribution is 2.28. The molecule has 1 N–H and O–H groups in total. The average molecular weight is 268 g/mol. The highest BCUT2D eigenvalue weighted by molar-refractivity contribution is 6.33.